The summed E-state index contributed by atoms with van der Waals surface area (Å²) in [6.07, 6.45) is 2.58. The molecule has 8 heavy (non-hydrogen) atoms. The predicted molar refractivity (Wildman–Crippen MR) is 32.4 cm³/mol. The Labute approximate surface area is 49.6 Å². The summed E-state index contributed by atoms with van der Waals surface area (Å²) in [5.74, 6) is 0.524. The highest BCUT2D eigenvalue weighted by Gasteiger charge is 1.93. The van der Waals surface area contributed by atoms with Crippen LogP contribution in [0.15, 0.2) is 4.99 Å². The molecule has 0 aromatic rings. The van der Waals surface area contributed by atoms with E-state index in [2.05, 4.69) is 18.8 Å². The topological polar surface area (TPSA) is 29.4 Å². The van der Waals surface area contributed by atoms with Gasteiger partial charge in [0.1, 0.15) is 0 Å². The zero-order chi connectivity index (χ0) is 6.41. The molecule has 0 saturated carbocycles. The molecule has 0 amide bonds. The quantitative estimate of drug-likeness (QED) is 0.401. The van der Waals surface area contributed by atoms with Gasteiger partial charge in [-0.25, -0.2) is 9.79 Å². The Morgan fingerprint density at radius 3 is 2.75 bits per heavy atom. The van der Waals surface area contributed by atoms with Crippen LogP contribution in [0.3, 0.4) is 0 Å². The van der Waals surface area contributed by atoms with Crippen molar-refractivity contribution in [3.8, 4) is 0 Å². The molecule has 2 nitrogen and oxygen atoms in total. The number of aliphatic imine (C=N–C) groups is 1. The van der Waals surface area contributed by atoms with Gasteiger partial charge in [0, 0.05) is 0 Å². The molecule has 0 N–H and O–H groups in total. The molecule has 0 rings (SSSR count). The summed E-state index contributed by atoms with van der Waals surface area (Å²) in [5, 5.41) is 0. The maximum atomic E-state index is 9.53. The van der Waals surface area contributed by atoms with Crippen LogP contribution < -0.4 is 0 Å². The lowest BCUT2D eigenvalue weighted by Gasteiger charge is -1.98. The van der Waals surface area contributed by atoms with Gasteiger partial charge in [-0.05, 0) is 5.92 Å². The summed E-state index contributed by atoms with van der Waals surface area (Å²) < 4.78 is 0. The van der Waals surface area contributed by atoms with E-state index in [1.807, 2.05) is 0 Å². The SMILES string of the molecule is CC[C@@H](C)CN=C=O. The van der Waals surface area contributed by atoms with E-state index in [-0.39, 0.29) is 0 Å². The second-order valence-corrected chi connectivity index (χ2v) is 1.95. The second kappa shape index (κ2) is 4.54. The van der Waals surface area contributed by atoms with Crippen molar-refractivity contribution < 1.29 is 4.79 Å². The van der Waals surface area contributed by atoms with E-state index in [0.29, 0.717) is 12.5 Å². The molecule has 0 heterocycles. The first-order chi connectivity index (χ1) is 3.81. The van der Waals surface area contributed by atoms with Crippen molar-refractivity contribution in [3.05, 3.63) is 0 Å². The number of carbonyl (C=O) groups excluding carboxylic acids is 1. The first-order valence-corrected chi connectivity index (χ1v) is 2.84. The van der Waals surface area contributed by atoms with E-state index in [4.69, 9.17) is 0 Å². The maximum Gasteiger partial charge on any atom is 0.234 e. The smallest absolute Gasteiger partial charge is 0.211 e. The van der Waals surface area contributed by atoms with E-state index in [9.17, 15) is 4.79 Å². The Morgan fingerprint density at radius 2 is 2.38 bits per heavy atom. The lowest BCUT2D eigenvalue weighted by atomic mass is 10.1. The van der Waals surface area contributed by atoms with Crippen LogP contribution in [0.4, 0.5) is 0 Å². The Balaban J connectivity index is 3.23. The molecular formula is C6H11NO. The lowest BCUT2D eigenvalue weighted by molar-refractivity contribution is 0.546. The molecule has 0 spiro atoms. The lowest BCUT2D eigenvalue weighted by Crippen LogP contribution is -1.95. The zero-order valence-corrected chi connectivity index (χ0v) is 5.35. The van der Waals surface area contributed by atoms with Crippen LogP contribution in [0, 0.1) is 5.92 Å². The molecule has 0 aliphatic rings. The number of nitrogens with zero attached hydrogens (tertiary/aromatic N) is 1. The third-order valence-corrected chi connectivity index (χ3v) is 1.16. The van der Waals surface area contributed by atoms with Gasteiger partial charge in [0.15, 0.2) is 0 Å². The highest BCUT2D eigenvalue weighted by Crippen LogP contribution is 1.98. The van der Waals surface area contributed by atoms with Crippen molar-refractivity contribution in [2.75, 3.05) is 6.54 Å². The Kier molecular flexibility index (Phi) is 4.19. The molecule has 46 valence electrons. The van der Waals surface area contributed by atoms with Gasteiger partial charge >= 0.3 is 0 Å². The predicted octanol–water partition coefficient (Wildman–Crippen LogP) is 1.37. The van der Waals surface area contributed by atoms with Crippen molar-refractivity contribution in [3.63, 3.8) is 0 Å². The van der Waals surface area contributed by atoms with Crippen LogP contribution in [0.25, 0.3) is 0 Å². The summed E-state index contributed by atoms with van der Waals surface area (Å²) in [6, 6.07) is 0. The monoisotopic (exact) mass is 113 g/mol. The molecule has 0 aromatic carbocycles. The van der Waals surface area contributed by atoms with Gasteiger partial charge in [-0.2, -0.15) is 0 Å². The van der Waals surface area contributed by atoms with Crippen molar-refractivity contribution in [1.29, 1.82) is 0 Å². The van der Waals surface area contributed by atoms with Crippen LogP contribution in [0.1, 0.15) is 20.3 Å². The molecule has 0 aromatic heterocycles. The summed E-state index contributed by atoms with van der Waals surface area (Å²) in [5.41, 5.74) is 0. The van der Waals surface area contributed by atoms with Crippen LogP contribution in [0.2, 0.25) is 0 Å². The van der Waals surface area contributed by atoms with Crippen LogP contribution in [-0.4, -0.2) is 12.6 Å². The van der Waals surface area contributed by atoms with Gasteiger partial charge in [0.05, 0.1) is 6.54 Å². The van der Waals surface area contributed by atoms with Gasteiger partial charge in [-0.3, -0.25) is 0 Å². The molecule has 2 heteroatoms. The third kappa shape index (κ3) is 3.57. The van der Waals surface area contributed by atoms with Gasteiger partial charge in [0.2, 0.25) is 6.08 Å². The second-order valence-electron chi connectivity index (χ2n) is 1.95. The number of isocyanates is 1. The van der Waals surface area contributed by atoms with E-state index in [0.717, 1.165) is 6.42 Å². The molecule has 0 radical (unpaired) electrons. The molecule has 0 aliphatic heterocycles. The van der Waals surface area contributed by atoms with Crippen molar-refractivity contribution in [2.24, 2.45) is 10.9 Å². The van der Waals surface area contributed by atoms with Gasteiger partial charge in [-0.15, -0.1) is 0 Å². The van der Waals surface area contributed by atoms with E-state index < -0.39 is 0 Å². The minimum Gasteiger partial charge on any atom is -0.211 e. The highest BCUT2D eigenvalue weighted by molar-refractivity contribution is 5.32. The van der Waals surface area contributed by atoms with Crippen molar-refractivity contribution in [1.82, 2.24) is 0 Å². The Morgan fingerprint density at radius 1 is 1.75 bits per heavy atom. The number of rotatable bonds is 3. The molecular weight excluding hydrogens is 102 g/mol. The third-order valence-electron chi connectivity index (χ3n) is 1.16. The largest absolute Gasteiger partial charge is 0.234 e. The molecule has 0 bridgehead atoms. The standard InChI is InChI=1S/C6H11NO/c1-3-6(2)4-7-5-8/h6H,3-4H2,1-2H3/t6-/m1/s1. The molecule has 0 aliphatic carbocycles. The van der Waals surface area contributed by atoms with Gasteiger partial charge < -0.3 is 0 Å². The fraction of sp³-hybridized carbons (Fsp3) is 0.833. The average molecular weight is 113 g/mol. The van der Waals surface area contributed by atoms with Crippen LogP contribution >= 0.6 is 0 Å². The van der Waals surface area contributed by atoms with Crippen molar-refractivity contribution >= 4 is 6.08 Å². The highest BCUT2D eigenvalue weighted by atomic mass is 16.1. The Bertz CT molecular complexity index is 94.7. The van der Waals surface area contributed by atoms with E-state index >= 15 is 0 Å². The zero-order valence-electron chi connectivity index (χ0n) is 5.35. The van der Waals surface area contributed by atoms with E-state index in [1.165, 1.54) is 6.08 Å². The molecule has 1 atom stereocenters. The minimum atomic E-state index is 0.524. The number of hydrogen-bond acceptors (Lipinski definition) is 2. The molecule has 0 fully saturated rings. The summed E-state index contributed by atoms with van der Waals surface area (Å²) >= 11 is 0. The summed E-state index contributed by atoms with van der Waals surface area (Å²) in [4.78, 5) is 13.0. The first-order valence-electron chi connectivity index (χ1n) is 2.84. The van der Waals surface area contributed by atoms with E-state index in [1.54, 1.807) is 0 Å². The molecule has 0 unspecified atom stereocenters. The van der Waals surface area contributed by atoms with Gasteiger partial charge in [0.25, 0.3) is 0 Å². The van der Waals surface area contributed by atoms with Gasteiger partial charge in [-0.1, -0.05) is 20.3 Å². The minimum absolute atomic E-state index is 0.524. The summed E-state index contributed by atoms with van der Waals surface area (Å²) in [7, 11) is 0. The number of hydrogen-bond donors (Lipinski definition) is 0. The molecule has 0 saturated heterocycles. The normalized spacial score (nSPS) is 12.2. The Hall–Kier alpha value is -0.620. The van der Waals surface area contributed by atoms with Crippen LogP contribution in [0.5, 0.6) is 0 Å². The fourth-order valence-corrected chi connectivity index (χ4v) is 0.322. The van der Waals surface area contributed by atoms with Crippen molar-refractivity contribution in [2.45, 2.75) is 20.3 Å². The first kappa shape index (κ1) is 7.38. The maximum absolute atomic E-state index is 9.53. The average Bonchev–Trinajstić information content (AvgIpc) is 1.83. The van der Waals surface area contributed by atoms with Crippen LogP contribution in [-0.2, 0) is 4.79 Å². The fourth-order valence-electron chi connectivity index (χ4n) is 0.322. The summed E-state index contributed by atoms with van der Waals surface area (Å²) in [6.45, 7) is 4.76.